The molecule has 0 saturated carbocycles. The Bertz CT molecular complexity index is 1680. The molecule has 2 aromatic carbocycles. The monoisotopic (exact) mass is 530 g/mol. The van der Waals surface area contributed by atoms with Gasteiger partial charge in [-0.2, -0.15) is 5.10 Å². The molecule has 0 spiro atoms. The van der Waals surface area contributed by atoms with Crippen molar-refractivity contribution in [3.05, 3.63) is 99.2 Å². The number of primary amides is 1. The Kier molecular flexibility index (Phi) is 6.52. The molecule has 1 aliphatic rings. The van der Waals surface area contributed by atoms with Crippen LogP contribution in [0.2, 0.25) is 0 Å². The number of halogens is 1. The number of carbonyl (C=O) groups is 4. The number of aromatic nitrogens is 3. The van der Waals surface area contributed by atoms with Crippen molar-refractivity contribution in [2.24, 2.45) is 5.73 Å². The van der Waals surface area contributed by atoms with E-state index in [0.29, 0.717) is 24.0 Å². The molecule has 0 bridgehead atoms. The van der Waals surface area contributed by atoms with Crippen LogP contribution in [0.15, 0.2) is 48.7 Å². The second kappa shape index (κ2) is 9.97. The first kappa shape index (κ1) is 25.5. The molecule has 3 amide bonds. The van der Waals surface area contributed by atoms with Gasteiger partial charge in [-0.05, 0) is 60.2 Å². The van der Waals surface area contributed by atoms with Gasteiger partial charge in [0.05, 0.1) is 17.8 Å². The number of nitrogens with two attached hydrogens (primary N) is 1. The molecule has 2 heterocycles. The number of nitrogens with zero attached hydrogens (tertiary/aromatic N) is 3. The van der Waals surface area contributed by atoms with Crippen LogP contribution >= 0.6 is 0 Å². The predicted molar refractivity (Wildman–Crippen MR) is 136 cm³/mol. The van der Waals surface area contributed by atoms with E-state index in [4.69, 9.17) is 5.73 Å². The van der Waals surface area contributed by atoms with Crippen molar-refractivity contribution in [3.63, 3.8) is 0 Å². The SMILES string of the molecule is Cc1c(C(=O)O)ccc2c1CC[C@@H]2NC(=O)c1cc(C(=O)NCc2cccc(C(N)=O)c2)nc2c(F)cnn12. The molecule has 4 aromatic rings. The van der Waals surface area contributed by atoms with Gasteiger partial charge in [0.15, 0.2) is 11.5 Å². The van der Waals surface area contributed by atoms with Gasteiger partial charge in [-0.3, -0.25) is 14.4 Å². The maximum atomic E-state index is 14.5. The number of carboxylic acids is 1. The van der Waals surface area contributed by atoms with Gasteiger partial charge in [0.25, 0.3) is 11.8 Å². The first-order chi connectivity index (χ1) is 18.6. The summed E-state index contributed by atoms with van der Waals surface area (Å²) in [6, 6.07) is 10.4. The average Bonchev–Trinajstić information content (AvgIpc) is 3.50. The largest absolute Gasteiger partial charge is 0.478 e. The second-order valence-corrected chi connectivity index (χ2v) is 9.18. The van der Waals surface area contributed by atoms with Crippen LogP contribution in [0.25, 0.3) is 5.65 Å². The number of nitrogens with one attached hydrogen (secondary N) is 2. The van der Waals surface area contributed by atoms with Crippen LogP contribution < -0.4 is 16.4 Å². The summed E-state index contributed by atoms with van der Waals surface area (Å²) in [4.78, 5) is 53.2. The van der Waals surface area contributed by atoms with Gasteiger partial charge in [-0.25, -0.2) is 18.7 Å². The fraction of sp³-hybridized carbons (Fsp3) is 0.185. The summed E-state index contributed by atoms with van der Waals surface area (Å²) in [6.45, 7) is 1.77. The van der Waals surface area contributed by atoms with Gasteiger partial charge in [0.1, 0.15) is 11.4 Å². The highest BCUT2D eigenvalue weighted by atomic mass is 19.1. The smallest absolute Gasteiger partial charge is 0.335 e. The molecule has 39 heavy (non-hydrogen) atoms. The van der Waals surface area contributed by atoms with Gasteiger partial charge >= 0.3 is 5.97 Å². The summed E-state index contributed by atoms with van der Waals surface area (Å²) in [6.07, 6.45) is 2.03. The summed E-state index contributed by atoms with van der Waals surface area (Å²) in [5, 5.41) is 18.8. The molecule has 0 aliphatic heterocycles. The minimum atomic E-state index is -1.02. The van der Waals surface area contributed by atoms with Crippen molar-refractivity contribution in [3.8, 4) is 0 Å². The second-order valence-electron chi connectivity index (χ2n) is 9.18. The number of benzene rings is 2. The van der Waals surface area contributed by atoms with Crippen LogP contribution in [-0.4, -0.2) is 43.4 Å². The van der Waals surface area contributed by atoms with Crippen LogP contribution in [-0.2, 0) is 13.0 Å². The van der Waals surface area contributed by atoms with Crippen molar-refractivity contribution in [2.75, 3.05) is 0 Å². The molecule has 0 radical (unpaired) electrons. The Morgan fingerprint density at radius 2 is 1.95 bits per heavy atom. The minimum Gasteiger partial charge on any atom is -0.478 e. The first-order valence-corrected chi connectivity index (χ1v) is 12.0. The molecule has 5 rings (SSSR count). The Hall–Kier alpha value is -5.13. The fourth-order valence-electron chi connectivity index (χ4n) is 4.82. The summed E-state index contributed by atoms with van der Waals surface area (Å²) < 4.78 is 15.5. The molecular weight excluding hydrogens is 507 g/mol. The van der Waals surface area contributed by atoms with Crippen LogP contribution in [0, 0.1) is 12.7 Å². The third kappa shape index (κ3) is 4.79. The normalized spacial score (nSPS) is 14.2. The van der Waals surface area contributed by atoms with Crippen LogP contribution in [0.1, 0.15) is 76.4 Å². The summed E-state index contributed by atoms with van der Waals surface area (Å²) in [5.74, 6) is -3.71. The number of hydrogen-bond donors (Lipinski definition) is 4. The summed E-state index contributed by atoms with van der Waals surface area (Å²) in [7, 11) is 0. The van der Waals surface area contributed by atoms with Gasteiger partial charge in [0, 0.05) is 18.2 Å². The molecule has 5 N–H and O–H groups in total. The number of carboxylic acid groups (broad SMARTS) is 1. The van der Waals surface area contributed by atoms with Crippen LogP contribution in [0.3, 0.4) is 0 Å². The van der Waals surface area contributed by atoms with E-state index < -0.39 is 35.5 Å². The van der Waals surface area contributed by atoms with Gasteiger partial charge in [0.2, 0.25) is 5.91 Å². The summed E-state index contributed by atoms with van der Waals surface area (Å²) in [5.41, 5.74) is 8.12. The number of amides is 3. The Morgan fingerprint density at radius 1 is 1.15 bits per heavy atom. The van der Waals surface area contributed by atoms with E-state index in [1.807, 2.05) is 0 Å². The maximum absolute atomic E-state index is 14.5. The van der Waals surface area contributed by atoms with Gasteiger partial charge in [-0.15, -0.1) is 0 Å². The van der Waals surface area contributed by atoms with Crippen molar-refractivity contribution in [1.29, 1.82) is 0 Å². The molecule has 2 aromatic heterocycles. The lowest BCUT2D eigenvalue weighted by molar-refractivity contribution is 0.0695. The maximum Gasteiger partial charge on any atom is 0.335 e. The molecule has 0 saturated heterocycles. The van der Waals surface area contributed by atoms with E-state index in [1.54, 1.807) is 31.2 Å². The van der Waals surface area contributed by atoms with Gasteiger partial charge in [-0.1, -0.05) is 18.2 Å². The molecule has 1 atom stereocenters. The van der Waals surface area contributed by atoms with E-state index in [0.717, 1.165) is 21.8 Å². The lowest BCUT2D eigenvalue weighted by Gasteiger charge is -2.16. The molecular formula is C27H23FN6O5. The van der Waals surface area contributed by atoms with Crippen molar-refractivity contribution < 1.29 is 28.7 Å². The highest BCUT2D eigenvalue weighted by Crippen LogP contribution is 2.35. The Morgan fingerprint density at radius 3 is 2.69 bits per heavy atom. The minimum absolute atomic E-state index is 0.0344. The Labute approximate surface area is 220 Å². The molecule has 198 valence electrons. The number of fused-ring (bicyclic) bond motifs is 2. The average molecular weight is 531 g/mol. The number of hydrogen-bond acceptors (Lipinski definition) is 6. The standard InChI is InChI=1S/C27H23FN6O5/c1-13-16-7-8-20(18(16)6-5-17(13)27(38)39)33-26(37)22-10-21(32-24-19(28)12-31-34(22)24)25(36)30-11-14-3-2-4-15(9-14)23(29)35/h2-6,9-10,12,20H,7-8,11H2,1H3,(H2,29,35)(H,30,36)(H,33,37)(H,38,39)/t20-/m0/s1. The lowest BCUT2D eigenvalue weighted by Crippen LogP contribution is -2.30. The fourth-order valence-corrected chi connectivity index (χ4v) is 4.82. The lowest BCUT2D eigenvalue weighted by atomic mass is 9.98. The molecule has 0 unspecified atom stereocenters. The van der Waals surface area contributed by atoms with E-state index in [-0.39, 0.29) is 34.7 Å². The van der Waals surface area contributed by atoms with Gasteiger partial charge < -0.3 is 21.5 Å². The molecule has 1 aliphatic carbocycles. The zero-order valence-corrected chi connectivity index (χ0v) is 20.7. The van der Waals surface area contributed by atoms with E-state index in [2.05, 4.69) is 20.7 Å². The van der Waals surface area contributed by atoms with E-state index in [1.165, 1.54) is 18.2 Å². The topological polar surface area (TPSA) is 169 Å². The highest BCUT2D eigenvalue weighted by molar-refractivity contribution is 5.98. The van der Waals surface area contributed by atoms with Crippen molar-refractivity contribution in [1.82, 2.24) is 25.2 Å². The van der Waals surface area contributed by atoms with Crippen LogP contribution in [0.5, 0.6) is 0 Å². The quantitative estimate of drug-likeness (QED) is 0.284. The zero-order chi connectivity index (χ0) is 27.8. The molecule has 0 fully saturated rings. The Balaban J connectivity index is 1.40. The summed E-state index contributed by atoms with van der Waals surface area (Å²) >= 11 is 0. The third-order valence-corrected chi connectivity index (χ3v) is 6.79. The van der Waals surface area contributed by atoms with Crippen molar-refractivity contribution >= 4 is 29.3 Å². The molecule has 12 heteroatoms. The number of carbonyl (C=O) groups excluding carboxylic acids is 3. The predicted octanol–water partition coefficient (Wildman–Crippen LogP) is 2.32. The zero-order valence-electron chi connectivity index (χ0n) is 20.7. The van der Waals surface area contributed by atoms with E-state index in [9.17, 15) is 28.7 Å². The van der Waals surface area contributed by atoms with E-state index >= 15 is 0 Å². The highest BCUT2D eigenvalue weighted by Gasteiger charge is 2.29. The molecule has 11 nitrogen and oxygen atoms in total. The van der Waals surface area contributed by atoms with Crippen LogP contribution in [0.4, 0.5) is 4.39 Å². The number of aromatic carboxylic acids is 1. The third-order valence-electron chi connectivity index (χ3n) is 6.79. The number of rotatable bonds is 7. The first-order valence-electron chi connectivity index (χ1n) is 12.0. The van der Waals surface area contributed by atoms with Crippen molar-refractivity contribution in [2.45, 2.75) is 32.4 Å².